The van der Waals surface area contributed by atoms with E-state index in [9.17, 15) is 9.59 Å². The van der Waals surface area contributed by atoms with Crippen molar-refractivity contribution in [1.29, 1.82) is 0 Å². The molecule has 0 saturated heterocycles. The summed E-state index contributed by atoms with van der Waals surface area (Å²) in [5.41, 5.74) is 3.01. The summed E-state index contributed by atoms with van der Waals surface area (Å²) in [4.78, 5) is 31.2. The van der Waals surface area contributed by atoms with Crippen LogP contribution in [0.3, 0.4) is 0 Å². The topological polar surface area (TPSA) is 68.7 Å². The number of fused-ring (bicyclic) bond motifs is 1. The van der Waals surface area contributed by atoms with Gasteiger partial charge >= 0.3 is 5.97 Å². The van der Waals surface area contributed by atoms with E-state index in [1.54, 1.807) is 6.07 Å². The van der Waals surface area contributed by atoms with Crippen molar-refractivity contribution in [2.45, 2.75) is 31.8 Å². The van der Waals surface area contributed by atoms with Gasteiger partial charge in [0.25, 0.3) is 5.91 Å². The number of halogens is 1. The Bertz CT molecular complexity index is 1170. The van der Waals surface area contributed by atoms with Crippen molar-refractivity contribution in [3.8, 4) is 27.6 Å². The maximum atomic E-state index is 12.6. The molecule has 2 heterocycles. The third kappa shape index (κ3) is 4.23. The van der Waals surface area contributed by atoms with Gasteiger partial charge in [0.05, 0.1) is 16.4 Å². The van der Waals surface area contributed by atoms with Gasteiger partial charge in [0.2, 0.25) is 0 Å². The highest BCUT2D eigenvalue weighted by Crippen LogP contribution is 2.38. The molecule has 0 bridgehead atoms. The molecule has 1 aliphatic heterocycles. The van der Waals surface area contributed by atoms with E-state index < -0.39 is 5.97 Å². The Kier molecular flexibility index (Phi) is 5.85. The molecule has 1 aliphatic carbocycles. The van der Waals surface area contributed by atoms with E-state index in [-0.39, 0.29) is 25.2 Å². The molecule has 2 aromatic carbocycles. The highest BCUT2D eigenvalue weighted by molar-refractivity contribution is 7.13. The van der Waals surface area contributed by atoms with Gasteiger partial charge in [-0.15, -0.1) is 11.3 Å². The zero-order valence-electron chi connectivity index (χ0n) is 17.3. The molecular formula is C24H21ClN2O4S. The van der Waals surface area contributed by atoms with Gasteiger partial charge < -0.3 is 9.47 Å². The molecule has 0 radical (unpaired) electrons. The number of carbonyl (C=O) groups is 2. The van der Waals surface area contributed by atoms with Crippen LogP contribution >= 0.6 is 22.9 Å². The summed E-state index contributed by atoms with van der Waals surface area (Å²) in [7, 11) is 0. The van der Waals surface area contributed by atoms with Gasteiger partial charge in [-0.3, -0.25) is 14.5 Å². The minimum absolute atomic E-state index is 0.0392. The fraction of sp³-hybridized carbons (Fsp3) is 0.292. The van der Waals surface area contributed by atoms with E-state index in [4.69, 9.17) is 26.1 Å². The largest absolute Gasteiger partial charge is 0.482 e. The number of esters is 1. The Balaban J connectivity index is 1.41. The average Bonchev–Trinajstić information content (AvgIpc) is 3.48. The zero-order chi connectivity index (χ0) is 22.1. The number of anilines is 1. The molecule has 2 aliphatic rings. The number of aromatic nitrogens is 1. The Morgan fingerprint density at radius 2 is 2.03 bits per heavy atom. The summed E-state index contributed by atoms with van der Waals surface area (Å²) in [6.45, 7) is -0.229. The van der Waals surface area contributed by atoms with Crippen molar-refractivity contribution in [1.82, 2.24) is 4.98 Å². The second-order valence-electron chi connectivity index (χ2n) is 7.87. The Morgan fingerprint density at radius 1 is 1.22 bits per heavy atom. The number of thiazole rings is 1. The van der Waals surface area contributed by atoms with Crippen LogP contribution in [-0.2, 0) is 14.3 Å². The summed E-state index contributed by atoms with van der Waals surface area (Å²) in [5.74, 6) is -0.102. The smallest absolute Gasteiger partial charge is 0.326 e. The van der Waals surface area contributed by atoms with Crippen LogP contribution in [0.1, 0.15) is 25.7 Å². The maximum Gasteiger partial charge on any atom is 0.326 e. The number of carbonyl (C=O) groups excluding carboxylic acids is 2. The lowest BCUT2D eigenvalue weighted by atomic mass is 10.1. The highest BCUT2D eigenvalue weighted by atomic mass is 35.5. The molecular weight excluding hydrogens is 448 g/mol. The summed E-state index contributed by atoms with van der Waals surface area (Å²) in [6, 6.07) is 13.1. The number of benzene rings is 2. The predicted octanol–water partition coefficient (Wildman–Crippen LogP) is 5.34. The minimum Gasteiger partial charge on any atom is -0.482 e. The molecule has 0 atom stereocenters. The lowest BCUT2D eigenvalue weighted by molar-refractivity contribution is -0.147. The SMILES string of the molecule is O=C(CN1C(=O)COc2ccc(-c3csc(-c4ccccc4Cl)n3)cc21)OC1CCCC1. The second-order valence-corrected chi connectivity index (χ2v) is 9.13. The van der Waals surface area contributed by atoms with Crippen LogP contribution in [0.25, 0.3) is 21.8 Å². The number of hydrogen-bond donors (Lipinski definition) is 0. The van der Waals surface area contributed by atoms with Gasteiger partial charge in [-0.2, -0.15) is 0 Å². The van der Waals surface area contributed by atoms with Crippen LogP contribution in [0.2, 0.25) is 5.02 Å². The van der Waals surface area contributed by atoms with Crippen LogP contribution in [0.15, 0.2) is 47.8 Å². The van der Waals surface area contributed by atoms with E-state index in [0.29, 0.717) is 16.5 Å². The first-order chi connectivity index (χ1) is 15.6. The molecule has 0 spiro atoms. The quantitative estimate of drug-likeness (QED) is 0.472. The molecule has 164 valence electrons. The van der Waals surface area contributed by atoms with E-state index in [1.807, 2.05) is 41.8 Å². The zero-order valence-corrected chi connectivity index (χ0v) is 18.8. The fourth-order valence-corrected chi connectivity index (χ4v) is 5.21. The van der Waals surface area contributed by atoms with Crippen LogP contribution < -0.4 is 9.64 Å². The monoisotopic (exact) mass is 468 g/mol. The number of amides is 1. The first-order valence-corrected chi connectivity index (χ1v) is 11.8. The van der Waals surface area contributed by atoms with Gasteiger partial charge in [0, 0.05) is 16.5 Å². The first-order valence-electron chi connectivity index (χ1n) is 10.6. The van der Waals surface area contributed by atoms with Crippen LogP contribution in [-0.4, -0.2) is 36.1 Å². The van der Waals surface area contributed by atoms with Gasteiger partial charge in [-0.1, -0.05) is 29.8 Å². The predicted molar refractivity (Wildman–Crippen MR) is 124 cm³/mol. The minimum atomic E-state index is -0.391. The first kappa shape index (κ1) is 21.0. The number of ether oxygens (including phenoxy) is 2. The summed E-state index contributed by atoms with van der Waals surface area (Å²) < 4.78 is 11.1. The number of nitrogens with zero attached hydrogens (tertiary/aromatic N) is 2. The van der Waals surface area contributed by atoms with Crippen LogP contribution in [0.5, 0.6) is 5.75 Å². The van der Waals surface area contributed by atoms with E-state index in [1.165, 1.54) is 16.2 Å². The average molecular weight is 469 g/mol. The van der Waals surface area contributed by atoms with Crippen molar-refractivity contribution in [2.75, 3.05) is 18.1 Å². The number of rotatable bonds is 5. The molecule has 8 heteroatoms. The molecule has 32 heavy (non-hydrogen) atoms. The molecule has 5 rings (SSSR count). The maximum absolute atomic E-state index is 12.6. The molecule has 1 aromatic heterocycles. The number of hydrogen-bond acceptors (Lipinski definition) is 6. The molecule has 0 unspecified atom stereocenters. The van der Waals surface area contributed by atoms with Crippen molar-refractivity contribution in [3.05, 3.63) is 52.9 Å². The fourth-order valence-electron chi connectivity index (χ4n) is 4.06. The normalized spacial score (nSPS) is 16.0. The Labute approximate surface area is 194 Å². The van der Waals surface area contributed by atoms with Gasteiger partial charge in [0.1, 0.15) is 23.4 Å². The van der Waals surface area contributed by atoms with Gasteiger partial charge in [-0.05, 0) is 49.9 Å². The van der Waals surface area contributed by atoms with Crippen LogP contribution in [0, 0.1) is 0 Å². The third-order valence-corrected chi connectivity index (χ3v) is 6.90. The third-order valence-electron chi connectivity index (χ3n) is 5.69. The summed E-state index contributed by atoms with van der Waals surface area (Å²) in [5, 5.41) is 3.40. The lowest BCUT2D eigenvalue weighted by Crippen LogP contribution is -2.43. The van der Waals surface area contributed by atoms with Crippen molar-refractivity contribution in [2.24, 2.45) is 0 Å². The van der Waals surface area contributed by atoms with Gasteiger partial charge in [0.15, 0.2) is 6.61 Å². The second kappa shape index (κ2) is 8.92. The van der Waals surface area contributed by atoms with E-state index in [0.717, 1.165) is 47.5 Å². The Morgan fingerprint density at radius 3 is 2.84 bits per heavy atom. The highest BCUT2D eigenvalue weighted by Gasteiger charge is 2.30. The lowest BCUT2D eigenvalue weighted by Gasteiger charge is -2.29. The van der Waals surface area contributed by atoms with Crippen LogP contribution in [0.4, 0.5) is 5.69 Å². The van der Waals surface area contributed by atoms with Crippen molar-refractivity contribution < 1.29 is 19.1 Å². The standard InChI is InChI=1S/C24H21ClN2O4S/c25-18-8-4-3-7-17(18)24-26-19(14-32-24)15-9-10-21-20(11-15)27(22(28)13-30-21)12-23(29)31-16-5-1-2-6-16/h3-4,7-11,14,16H,1-2,5-6,12-13H2. The molecule has 0 N–H and O–H groups in total. The molecule has 3 aromatic rings. The molecule has 1 saturated carbocycles. The molecule has 6 nitrogen and oxygen atoms in total. The summed E-state index contributed by atoms with van der Waals surface area (Å²) >= 11 is 7.81. The molecule has 1 amide bonds. The Hall–Kier alpha value is -2.90. The van der Waals surface area contributed by atoms with Gasteiger partial charge in [-0.25, -0.2) is 4.98 Å². The summed E-state index contributed by atoms with van der Waals surface area (Å²) in [6.07, 6.45) is 3.89. The van der Waals surface area contributed by atoms with E-state index >= 15 is 0 Å². The van der Waals surface area contributed by atoms with E-state index in [2.05, 4.69) is 0 Å². The van der Waals surface area contributed by atoms with Crippen molar-refractivity contribution >= 4 is 40.5 Å². The van der Waals surface area contributed by atoms with Crippen molar-refractivity contribution in [3.63, 3.8) is 0 Å². The molecule has 1 fully saturated rings.